The van der Waals surface area contributed by atoms with E-state index in [1.54, 1.807) is 6.07 Å². The van der Waals surface area contributed by atoms with Gasteiger partial charge in [-0.15, -0.1) is 0 Å². The van der Waals surface area contributed by atoms with Crippen LogP contribution in [0.4, 0.5) is 5.69 Å². The molecule has 0 radical (unpaired) electrons. The van der Waals surface area contributed by atoms with Crippen molar-refractivity contribution in [3.05, 3.63) is 21.9 Å². The normalized spacial score (nSPS) is 16.6. The van der Waals surface area contributed by atoms with Crippen molar-refractivity contribution in [1.82, 2.24) is 4.98 Å². The second-order valence-corrected chi connectivity index (χ2v) is 5.45. The number of nitrogens with two attached hydrogens (primary N) is 1. The van der Waals surface area contributed by atoms with Gasteiger partial charge in [-0.25, -0.2) is 4.98 Å². The van der Waals surface area contributed by atoms with E-state index in [-0.39, 0.29) is 5.91 Å². The van der Waals surface area contributed by atoms with Crippen molar-refractivity contribution in [2.24, 2.45) is 11.7 Å². The molecule has 0 spiro atoms. The van der Waals surface area contributed by atoms with Crippen LogP contribution in [-0.2, 0) is 4.79 Å². The van der Waals surface area contributed by atoms with E-state index in [0.29, 0.717) is 21.2 Å². The van der Waals surface area contributed by atoms with Crippen LogP contribution in [0.3, 0.4) is 0 Å². The Balaban J connectivity index is 1.98. The molecule has 1 aliphatic rings. The number of hydrogen-bond donors (Lipinski definition) is 2. The maximum Gasteiger partial charge on any atom is 0.241 e. The molecule has 0 aromatic carbocycles. The monoisotopic (exact) mass is 317 g/mol. The Bertz CT molecular complexity index is 437. The third kappa shape index (κ3) is 3.66. The van der Waals surface area contributed by atoms with E-state index in [0.717, 1.165) is 6.42 Å². The highest BCUT2D eigenvalue weighted by Gasteiger charge is 2.27. The maximum atomic E-state index is 11.8. The fourth-order valence-electron chi connectivity index (χ4n) is 1.56. The summed E-state index contributed by atoms with van der Waals surface area (Å²) in [4.78, 5) is 15.8. The van der Waals surface area contributed by atoms with E-state index < -0.39 is 6.04 Å². The average Bonchev–Trinajstić information content (AvgIpc) is 3.07. The van der Waals surface area contributed by atoms with Crippen LogP contribution in [-0.4, -0.2) is 16.9 Å². The number of halogens is 2. The molecule has 1 atom stereocenters. The topological polar surface area (TPSA) is 68.0 Å². The van der Waals surface area contributed by atoms with Crippen LogP contribution in [0.1, 0.15) is 19.3 Å². The van der Waals surface area contributed by atoms with Crippen molar-refractivity contribution in [1.29, 1.82) is 0 Å². The lowest BCUT2D eigenvalue weighted by Gasteiger charge is -2.12. The minimum absolute atomic E-state index is 0.193. The number of carbonyl (C=O) groups excluding carboxylic acids is 1. The van der Waals surface area contributed by atoms with Gasteiger partial charge < -0.3 is 11.1 Å². The molecule has 1 saturated carbocycles. The van der Waals surface area contributed by atoms with Crippen LogP contribution in [0, 0.1) is 5.92 Å². The van der Waals surface area contributed by atoms with Crippen LogP contribution in [0.5, 0.6) is 0 Å². The molecule has 4 nitrogen and oxygen atoms in total. The van der Waals surface area contributed by atoms with Gasteiger partial charge in [0.1, 0.15) is 4.60 Å². The number of rotatable bonds is 4. The van der Waals surface area contributed by atoms with Gasteiger partial charge in [-0.3, -0.25) is 4.79 Å². The molecule has 0 aliphatic heterocycles. The lowest BCUT2D eigenvalue weighted by Crippen LogP contribution is -2.36. The van der Waals surface area contributed by atoms with Crippen molar-refractivity contribution in [2.75, 3.05) is 5.32 Å². The predicted molar refractivity (Wildman–Crippen MR) is 70.9 cm³/mol. The van der Waals surface area contributed by atoms with E-state index in [1.807, 2.05) is 0 Å². The second kappa shape index (κ2) is 5.33. The van der Waals surface area contributed by atoms with E-state index in [2.05, 4.69) is 26.2 Å². The molecule has 3 N–H and O–H groups in total. The van der Waals surface area contributed by atoms with Gasteiger partial charge in [-0.2, -0.15) is 0 Å². The van der Waals surface area contributed by atoms with Crippen LogP contribution < -0.4 is 11.1 Å². The van der Waals surface area contributed by atoms with Crippen molar-refractivity contribution < 1.29 is 4.79 Å². The molecule has 1 aliphatic carbocycles. The molecule has 1 aromatic heterocycles. The first-order valence-corrected chi connectivity index (χ1v) is 6.61. The highest BCUT2D eigenvalue weighted by molar-refractivity contribution is 9.10. The van der Waals surface area contributed by atoms with Gasteiger partial charge in [-0.1, -0.05) is 24.4 Å². The molecule has 6 heteroatoms. The molecule has 1 unspecified atom stereocenters. The number of amides is 1. The third-order valence-electron chi connectivity index (χ3n) is 2.68. The van der Waals surface area contributed by atoms with E-state index in [9.17, 15) is 4.79 Å². The molecular formula is C11H13BrClN3O. The lowest BCUT2D eigenvalue weighted by molar-refractivity contribution is -0.117. The molecule has 1 fully saturated rings. The first-order valence-electron chi connectivity index (χ1n) is 5.43. The standard InChI is InChI=1S/C11H13BrClN3O/c12-10-9(4-7(13)5-15-10)16-11(17)8(14)3-6-1-2-6/h4-6,8H,1-3,14H2,(H,16,17). The summed E-state index contributed by atoms with van der Waals surface area (Å²) in [6.45, 7) is 0. The molecule has 17 heavy (non-hydrogen) atoms. The third-order valence-corrected chi connectivity index (χ3v) is 3.52. The summed E-state index contributed by atoms with van der Waals surface area (Å²) >= 11 is 9.05. The number of anilines is 1. The van der Waals surface area contributed by atoms with Crippen molar-refractivity contribution in [3.63, 3.8) is 0 Å². The Morgan fingerprint density at radius 3 is 3.06 bits per heavy atom. The molecule has 92 valence electrons. The minimum atomic E-state index is -0.464. The number of pyridine rings is 1. The minimum Gasteiger partial charge on any atom is -0.322 e. The molecule has 0 saturated heterocycles. The first kappa shape index (κ1) is 12.8. The van der Waals surface area contributed by atoms with E-state index in [4.69, 9.17) is 17.3 Å². The van der Waals surface area contributed by atoms with Gasteiger partial charge in [0.15, 0.2) is 0 Å². The summed E-state index contributed by atoms with van der Waals surface area (Å²) in [5.41, 5.74) is 6.36. The summed E-state index contributed by atoms with van der Waals surface area (Å²) in [6.07, 6.45) is 4.62. The van der Waals surface area contributed by atoms with Gasteiger partial charge in [0.05, 0.1) is 16.8 Å². The zero-order valence-corrected chi connectivity index (χ0v) is 11.5. The lowest BCUT2D eigenvalue weighted by atomic mass is 10.1. The van der Waals surface area contributed by atoms with Crippen LogP contribution in [0.2, 0.25) is 5.02 Å². The molecule has 1 amide bonds. The summed E-state index contributed by atoms with van der Waals surface area (Å²) in [7, 11) is 0. The Labute approximate surface area is 113 Å². The number of nitrogens with one attached hydrogen (secondary N) is 1. The SMILES string of the molecule is NC(CC1CC1)C(=O)Nc1cc(Cl)cnc1Br. The van der Waals surface area contributed by atoms with Gasteiger partial charge in [0.2, 0.25) is 5.91 Å². The Hall–Kier alpha value is -0.650. The molecule has 1 aromatic rings. The molecule has 0 bridgehead atoms. The Morgan fingerprint density at radius 2 is 2.41 bits per heavy atom. The molecule has 1 heterocycles. The van der Waals surface area contributed by atoms with Gasteiger partial charge in [0, 0.05) is 6.20 Å². The smallest absolute Gasteiger partial charge is 0.241 e. The van der Waals surface area contributed by atoms with E-state index in [1.165, 1.54) is 19.0 Å². The summed E-state index contributed by atoms with van der Waals surface area (Å²) < 4.78 is 0.550. The quantitative estimate of drug-likeness (QED) is 0.838. The van der Waals surface area contributed by atoms with E-state index >= 15 is 0 Å². The summed E-state index contributed by atoms with van der Waals surface area (Å²) in [5, 5.41) is 3.20. The highest BCUT2D eigenvalue weighted by atomic mass is 79.9. The molecular weight excluding hydrogens is 305 g/mol. The van der Waals surface area contributed by atoms with Crippen molar-refractivity contribution in [3.8, 4) is 0 Å². The van der Waals surface area contributed by atoms with Crippen LogP contribution in [0.25, 0.3) is 0 Å². The van der Waals surface area contributed by atoms with Gasteiger partial charge in [-0.05, 0) is 34.3 Å². The summed E-state index contributed by atoms with van der Waals surface area (Å²) in [6, 6.07) is 1.17. The number of nitrogens with zero attached hydrogens (tertiary/aromatic N) is 1. The fourth-order valence-corrected chi connectivity index (χ4v) is 2.03. The van der Waals surface area contributed by atoms with Gasteiger partial charge >= 0.3 is 0 Å². The van der Waals surface area contributed by atoms with Crippen molar-refractivity contribution in [2.45, 2.75) is 25.3 Å². The van der Waals surface area contributed by atoms with Crippen molar-refractivity contribution >= 4 is 39.1 Å². The van der Waals surface area contributed by atoms with Gasteiger partial charge in [0.25, 0.3) is 0 Å². The Morgan fingerprint density at radius 1 is 1.71 bits per heavy atom. The zero-order chi connectivity index (χ0) is 12.4. The Kier molecular flexibility index (Phi) is 4.01. The number of aromatic nitrogens is 1. The number of carbonyl (C=O) groups is 1. The second-order valence-electron chi connectivity index (χ2n) is 4.27. The largest absolute Gasteiger partial charge is 0.322 e. The maximum absolute atomic E-state index is 11.8. The van der Waals surface area contributed by atoms with Crippen LogP contribution in [0.15, 0.2) is 16.9 Å². The highest BCUT2D eigenvalue weighted by Crippen LogP contribution is 2.33. The first-order chi connectivity index (χ1) is 8.06. The molecule has 2 rings (SSSR count). The zero-order valence-electron chi connectivity index (χ0n) is 9.12. The fraction of sp³-hybridized carbons (Fsp3) is 0.455. The van der Waals surface area contributed by atoms with Crippen LogP contribution >= 0.6 is 27.5 Å². The average molecular weight is 319 g/mol. The number of hydrogen-bond acceptors (Lipinski definition) is 3. The predicted octanol–water partition coefficient (Wildman–Crippen LogP) is 2.56. The summed E-state index contributed by atoms with van der Waals surface area (Å²) in [5.74, 6) is 0.429.